The van der Waals surface area contributed by atoms with Gasteiger partial charge in [-0.1, -0.05) is 19.1 Å². The van der Waals surface area contributed by atoms with Crippen molar-refractivity contribution in [3.63, 3.8) is 0 Å². The van der Waals surface area contributed by atoms with E-state index in [1.54, 1.807) is 0 Å². The normalized spacial score (nSPS) is 20.9. The molecule has 2 aliphatic rings. The molecule has 1 spiro atoms. The number of nitrogens with zero attached hydrogens (tertiary/aromatic N) is 1. The van der Waals surface area contributed by atoms with Crippen LogP contribution in [0.3, 0.4) is 0 Å². The van der Waals surface area contributed by atoms with E-state index in [4.69, 9.17) is 4.74 Å². The summed E-state index contributed by atoms with van der Waals surface area (Å²) >= 11 is 0. The van der Waals surface area contributed by atoms with Crippen LogP contribution in [-0.2, 0) is 11.3 Å². The Balaban J connectivity index is 1.57. The van der Waals surface area contributed by atoms with Crippen LogP contribution in [0, 0.1) is 5.41 Å². The van der Waals surface area contributed by atoms with Crippen molar-refractivity contribution in [1.29, 1.82) is 0 Å². The predicted octanol–water partition coefficient (Wildman–Crippen LogP) is 2.80. The molecule has 0 bridgehead atoms. The highest BCUT2D eigenvalue weighted by Crippen LogP contribution is 2.42. The van der Waals surface area contributed by atoms with Gasteiger partial charge in [-0.2, -0.15) is 0 Å². The van der Waals surface area contributed by atoms with Gasteiger partial charge in [-0.05, 0) is 43.5 Å². The Bertz CT molecular complexity index is 432. The Morgan fingerprint density at radius 3 is 2.80 bits per heavy atom. The van der Waals surface area contributed by atoms with Crippen molar-refractivity contribution in [3.05, 3.63) is 29.8 Å². The van der Waals surface area contributed by atoms with Crippen molar-refractivity contribution in [3.8, 4) is 0 Å². The average molecular weight is 274 g/mol. The second-order valence-electron chi connectivity index (χ2n) is 6.32. The van der Waals surface area contributed by atoms with E-state index < -0.39 is 0 Å². The van der Waals surface area contributed by atoms with E-state index in [1.807, 2.05) is 0 Å². The van der Waals surface area contributed by atoms with Crippen LogP contribution >= 0.6 is 0 Å². The van der Waals surface area contributed by atoms with Crippen LogP contribution in [0.1, 0.15) is 31.7 Å². The maximum absolute atomic E-state index is 5.49. The fourth-order valence-electron chi connectivity index (χ4n) is 3.34. The third kappa shape index (κ3) is 2.99. The molecule has 110 valence electrons. The first-order chi connectivity index (χ1) is 9.81. The number of hydrogen-bond donors (Lipinski definition) is 1. The van der Waals surface area contributed by atoms with E-state index in [1.165, 1.54) is 43.6 Å². The van der Waals surface area contributed by atoms with Gasteiger partial charge in [0.25, 0.3) is 0 Å². The van der Waals surface area contributed by atoms with Crippen LogP contribution in [0.15, 0.2) is 24.3 Å². The maximum atomic E-state index is 5.49. The predicted molar refractivity (Wildman–Crippen MR) is 83.1 cm³/mol. The Morgan fingerprint density at radius 2 is 2.05 bits per heavy atom. The zero-order valence-electron chi connectivity index (χ0n) is 12.5. The summed E-state index contributed by atoms with van der Waals surface area (Å²) in [7, 11) is 0. The highest BCUT2D eigenvalue weighted by atomic mass is 16.5. The minimum absolute atomic E-state index is 0.550. The molecule has 3 rings (SSSR count). The van der Waals surface area contributed by atoms with Gasteiger partial charge in [0.2, 0.25) is 0 Å². The zero-order chi connectivity index (χ0) is 13.8. The minimum Gasteiger partial charge on any atom is -0.381 e. The smallest absolute Gasteiger partial charge is 0.0472 e. The van der Waals surface area contributed by atoms with Gasteiger partial charge in [-0.3, -0.25) is 0 Å². The van der Waals surface area contributed by atoms with Crippen LogP contribution in [0.25, 0.3) is 0 Å². The Kier molecular flexibility index (Phi) is 4.27. The highest BCUT2D eigenvalue weighted by molar-refractivity contribution is 5.51. The average Bonchev–Trinajstić information content (AvgIpc) is 2.46. The summed E-state index contributed by atoms with van der Waals surface area (Å²) in [6.07, 6.45) is 3.67. The summed E-state index contributed by atoms with van der Waals surface area (Å²) in [5.41, 5.74) is 3.33. The highest BCUT2D eigenvalue weighted by Gasteiger charge is 2.43. The number of ether oxygens (including phenoxy) is 1. The van der Waals surface area contributed by atoms with E-state index in [9.17, 15) is 0 Å². The van der Waals surface area contributed by atoms with Gasteiger partial charge in [-0.15, -0.1) is 0 Å². The number of nitrogens with one attached hydrogen (secondary N) is 1. The molecule has 0 amide bonds. The molecule has 2 saturated heterocycles. The van der Waals surface area contributed by atoms with Crippen molar-refractivity contribution in [1.82, 2.24) is 5.32 Å². The molecule has 0 atom stereocenters. The van der Waals surface area contributed by atoms with E-state index >= 15 is 0 Å². The fraction of sp³-hybridized carbons (Fsp3) is 0.647. The Morgan fingerprint density at radius 1 is 1.25 bits per heavy atom. The van der Waals surface area contributed by atoms with Gasteiger partial charge in [-0.25, -0.2) is 0 Å². The molecule has 0 aromatic heterocycles. The molecule has 0 unspecified atom stereocenters. The van der Waals surface area contributed by atoms with Gasteiger partial charge < -0.3 is 15.0 Å². The van der Waals surface area contributed by atoms with E-state index in [2.05, 4.69) is 41.4 Å². The van der Waals surface area contributed by atoms with E-state index in [-0.39, 0.29) is 0 Å². The summed E-state index contributed by atoms with van der Waals surface area (Å²) in [5.74, 6) is 0. The zero-order valence-corrected chi connectivity index (χ0v) is 12.5. The monoisotopic (exact) mass is 274 g/mol. The van der Waals surface area contributed by atoms with Crippen molar-refractivity contribution in [2.24, 2.45) is 5.41 Å². The molecule has 3 nitrogen and oxygen atoms in total. The van der Waals surface area contributed by atoms with Gasteiger partial charge >= 0.3 is 0 Å². The topological polar surface area (TPSA) is 24.5 Å². The number of benzene rings is 1. The van der Waals surface area contributed by atoms with E-state index in [0.29, 0.717) is 5.41 Å². The molecule has 1 N–H and O–H groups in total. The maximum Gasteiger partial charge on any atom is 0.0472 e. The van der Waals surface area contributed by atoms with Crippen LogP contribution in [-0.4, -0.2) is 32.8 Å². The van der Waals surface area contributed by atoms with Crippen LogP contribution < -0.4 is 10.2 Å². The number of rotatable bonds is 5. The molecular formula is C17H26N2O. The molecule has 3 heteroatoms. The SMILES string of the molecule is CCCNCc1cccc(N2CC3(CCOCC3)C2)c1. The minimum atomic E-state index is 0.550. The lowest BCUT2D eigenvalue weighted by atomic mass is 9.73. The second kappa shape index (κ2) is 6.15. The first-order valence-electron chi connectivity index (χ1n) is 7.94. The standard InChI is InChI=1S/C17H26N2O/c1-2-8-18-12-15-4-3-5-16(11-15)19-13-17(14-19)6-9-20-10-7-17/h3-5,11,18H,2,6-10,12-14H2,1H3. The van der Waals surface area contributed by atoms with E-state index in [0.717, 1.165) is 26.3 Å². The largest absolute Gasteiger partial charge is 0.381 e. The second-order valence-corrected chi connectivity index (χ2v) is 6.32. The van der Waals surface area contributed by atoms with Crippen LogP contribution in [0.2, 0.25) is 0 Å². The number of hydrogen-bond acceptors (Lipinski definition) is 3. The van der Waals surface area contributed by atoms with Gasteiger partial charge in [0.05, 0.1) is 0 Å². The fourth-order valence-corrected chi connectivity index (χ4v) is 3.34. The first-order valence-corrected chi connectivity index (χ1v) is 7.94. The lowest BCUT2D eigenvalue weighted by Crippen LogP contribution is -2.58. The third-order valence-electron chi connectivity index (χ3n) is 4.64. The third-order valence-corrected chi connectivity index (χ3v) is 4.64. The van der Waals surface area contributed by atoms with Gasteiger partial charge in [0.15, 0.2) is 0 Å². The molecule has 2 fully saturated rings. The lowest BCUT2D eigenvalue weighted by Gasteiger charge is -2.53. The summed E-state index contributed by atoms with van der Waals surface area (Å²) in [6.45, 7) is 8.61. The summed E-state index contributed by atoms with van der Waals surface area (Å²) in [6, 6.07) is 8.99. The lowest BCUT2D eigenvalue weighted by molar-refractivity contribution is -0.000195. The molecule has 2 aliphatic heterocycles. The van der Waals surface area contributed by atoms with Crippen LogP contribution in [0.5, 0.6) is 0 Å². The van der Waals surface area contributed by atoms with Crippen LogP contribution in [0.4, 0.5) is 5.69 Å². The molecule has 1 aromatic rings. The molecule has 20 heavy (non-hydrogen) atoms. The van der Waals surface area contributed by atoms with Crippen molar-refractivity contribution in [2.75, 3.05) is 37.7 Å². The van der Waals surface area contributed by atoms with Crippen molar-refractivity contribution in [2.45, 2.75) is 32.7 Å². The molecular weight excluding hydrogens is 248 g/mol. The van der Waals surface area contributed by atoms with Crippen molar-refractivity contribution < 1.29 is 4.74 Å². The van der Waals surface area contributed by atoms with Crippen molar-refractivity contribution >= 4 is 5.69 Å². The molecule has 0 aliphatic carbocycles. The van der Waals surface area contributed by atoms with Gasteiger partial charge in [0, 0.05) is 44.0 Å². The Labute approximate surface area is 122 Å². The molecule has 2 heterocycles. The quantitative estimate of drug-likeness (QED) is 0.836. The summed E-state index contributed by atoms with van der Waals surface area (Å²) in [4.78, 5) is 2.52. The number of anilines is 1. The summed E-state index contributed by atoms with van der Waals surface area (Å²) in [5, 5.41) is 3.48. The molecule has 1 aromatic carbocycles. The first kappa shape index (κ1) is 13.9. The molecule has 0 radical (unpaired) electrons. The van der Waals surface area contributed by atoms with Gasteiger partial charge in [0.1, 0.15) is 0 Å². The summed E-state index contributed by atoms with van der Waals surface area (Å²) < 4.78 is 5.49. The molecule has 0 saturated carbocycles. The Hall–Kier alpha value is -1.06.